The average molecular weight is 369 g/mol. The summed E-state index contributed by atoms with van der Waals surface area (Å²) in [6, 6.07) is 13.1. The number of amides is 1. The van der Waals surface area contributed by atoms with E-state index >= 15 is 0 Å². The average Bonchev–Trinajstić information content (AvgIpc) is 3.38. The van der Waals surface area contributed by atoms with Crippen molar-refractivity contribution in [3.63, 3.8) is 0 Å². The number of likely N-dealkylation sites (tertiary alicyclic amines) is 1. The number of furan rings is 1. The number of nitrogens with zero attached hydrogens (tertiary/aromatic N) is 3. The fraction of sp³-hybridized carbons (Fsp3) is 0.316. The molecule has 7 heteroatoms. The highest BCUT2D eigenvalue weighted by molar-refractivity contribution is 7.14. The third-order valence-electron chi connectivity index (χ3n) is 4.48. The molecule has 0 spiro atoms. The number of ether oxygens (including phenoxy) is 1. The standard InChI is InChI=1S/C19H19N3O3S/c23-17(13-25-15-5-2-1-3-6-15)22-10-8-14(9-11-22)18-20-21-19(26-18)16-7-4-12-24-16/h1-7,12,14H,8-11,13H2. The lowest BCUT2D eigenvalue weighted by Gasteiger charge is -2.30. The van der Waals surface area contributed by atoms with Crippen LogP contribution in [0.3, 0.4) is 0 Å². The summed E-state index contributed by atoms with van der Waals surface area (Å²) in [5.74, 6) is 1.84. The lowest BCUT2D eigenvalue weighted by Crippen LogP contribution is -2.40. The van der Waals surface area contributed by atoms with Gasteiger partial charge in [0.25, 0.3) is 5.91 Å². The van der Waals surface area contributed by atoms with Crippen molar-refractivity contribution >= 4 is 17.2 Å². The van der Waals surface area contributed by atoms with Crippen molar-refractivity contribution < 1.29 is 13.9 Å². The van der Waals surface area contributed by atoms with Crippen LogP contribution in [0.2, 0.25) is 0 Å². The Kier molecular flexibility index (Phi) is 4.97. The first kappa shape index (κ1) is 16.8. The van der Waals surface area contributed by atoms with Gasteiger partial charge in [0.05, 0.1) is 6.26 Å². The Morgan fingerprint density at radius 3 is 2.69 bits per heavy atom. The first-order valence-corrected chi connectivity index (χ1v) is 9.44. The van der Waals surface area contributed by atoms with Gasteiger partial charge in [-0.25, -0.2) is 0 Å². The number of rotatable bonds is 5. The van der Waals surface area contributed by atoms with Gasteiger partial charge in [0.15, 0.2) is 17.4 Å². The maximum absolute atomic E-state index is 12.3. The Bertz CT molecular complexity index is 840. The van der Waals surface area contributed by atoms with Gasteiger partial charge in [-0.15, -0.1) is 10.2 Å². The minimum Gasteiger partial charge on any atom is -0.484 e. The third-order valence-corrected chi connectivity index (χ3v) is 5.58. The zero-order valence-corrected chi connectivity index (χ0v) is 15.0. The molecule has 6 nitrogen and oxygen atoms in total. The summed E-state index contributed by atoms with van der Waals surface area (Å²) in [5.41, 5.74) is 0. The molecule has 26 heavy (non-hydrogen) atoms. The zero-order chi connectivity index (χ0) is 17.8. The van der Waals surface area contributed by atoms with Crippen LogP contribution in [0, 0.1) is 0 Å². The molecule has 1 aliphatic rings. The van der Waals surface area contributed by atoms with E-state index in [1.807, 2.05) is 47.4 Å². The number of carbonyl (C=O) groups excluding carboxylic acids is 1. The van der Waals surface area contributed by atoms with Gasteiger partial charge in [-0.1, -0.05) is 29.5 Å². The van der Waals surface area contributed by atoms with Gasteiger partial charge in [0.1, 0.15) is 10.8 Å². The van der Waals surface area contributed by atoms with Gasteiger partial charge in [0, 0.05) is 19.0 Å². The van der Waals surface area contributed by atoms with E-state index in [9.17, 15) is 4.79 Å². The summed E-state index contributed by atoms with van der Waals surface area (Å²) in [5, 5.41) is 10.4. The molecule has 4 rings (SSSR count). The summed E-state index contributed by atoms with van der Waals surface area (Å²) in [6.07, 6.45) is 3.42. The van der Waals surface area contributed by atoms with E-state index in [0.717, 1.165) is 47.5 Å². The number of para-hydroxylation sites is 1. The van der Waals surface area contributed by atoms with E-state index < -0.39 is 0 Å². The molecule has 1 aliphatic heterocycles. The monoisotopic (exact) mass is 369 g/mol. The highest BCUT2D eigenvalue weighted by Crippen LogP contribution is 2.33. The van der Waals surface area contributed by atoms with E-state index in [0.29, 0.717) is 5.92 Å². The van der Waals surface area contributed by atoms with Gasteiger partial charge < -0.3 is 14.1 Å². The minimum atomic E-state index is 0.0286. The van der Waals surface area contributed by atoms with E-state index in [-0.39, 0.29) is 12.5 Å². The number of aromatic nitrogens is 2. The normalized spacial score (nSPS) is 15.2. The van der Waals surface area contributed by atoms with Crippen LogP contribution in [0.4, 0.5) is 0 Å². The molecule has 0 aliphatic carbocycles. The van der Waals surface area contributed by atoms with Crippen LogP contribution in [-0.2, 0) is 4.79 Å². The van der Waals surface area contributed by atoms with Crippen LogP contribution in [0.5, 0.6) is 5.75 Å². The second kappa shape index (κ2) is 7.70. The lowest BCUT2D eigenvalue weighted by atomic mass is 9.98. The molecule has 0 radical (unpaired) electrons. The largest absolute Gasteiger partial charge is 0.484 e. The molecule has 2 aromatic heterocycles. The molecular formula is C19H19N3O3S. The SMILES string of the molecule is O=C(COc1ccccc1)N1CCC(c2nnc(-c3ccco3)s2)CC1. The van der Waals surface area contributed by atoms with Gasteiger partial charge in [0.2, 0.25) is 0 Å². The van der Waals surface area contributed by atoms with Crippen LogP contribution >= 0.6 is 11.3 Å². The third kappa shape index (κ3) is 3.77. The predicted octanol–water partition coefficient (Wildman–Crippen LogP) is 3.58. The molecule has 0 atom stereocenters. The summed E-state index contributed by atoms with van der Waals surface area (Å²) in [7, 11) is 0. The molecule has 1 aromatic carbocycles. The van der Waals surface area contributed by atoms with E-state index in [1.165, 1.54) is 0 Å². The quantitative estimate of drug-likeness (QED) is 0.687. The summed E-state index contributed by atoms with van der Waals surface area (Å²) >= 11 is 1.57. The fourth-order valence-electron chi connectivity index (χ4n) is 3.03. The molecule has 1 saturated heterocycles. The summed E-state index contributed by atoms with van der Waals surface area (Å²) in [6.45, 7) is 1.52. The Morgan fingerprint density at radius 1 is 1.15 bits per heavy atom. The second-order valence-electron chi connectivity index (χ2n) is 6.18. The molecule has 3 heterocycles. The smallest absolute Gasteiger partial charge is 0.260 e. The zero-order valence-electron chi connectivity index (χ0n) is 14.2. The van der Waals surface area contributed by atoms with Crippen molar-refractivity contribution in [3.8, 4) is 16.5 Å². The van der Waals surface area contributed by atoms with Crippen molar-refractivity contribution in [1.82, 2.24) is 15.1 Å². The number of hydrogen-bond donors (Lipinski definition) is 0. The fourth-order valence-corrected chi connectivity index (χ4v) is 4.01. The number of benzene rings is 1. The topological polar surface area (TPSA) is 68.5 Å². The highest BCUT2D eigenvalue weighted by atomic mass is 32.1. The van der Waals surface area contributed by atoms with Crippen LogP contribution in [0.25, 0.3) is 10.8 Å². The summed E-state index contributed by atoms with van der Waals surface area (Å²) in [4.78, 5) is 14.2. The molecule has 134 valence electrons. The molecule has 1 fully saturated rings. The first-order chi connectivity index (χ1) is 12.8. The van der Waals surface area contributed by atoms with Crippen LogP contribution in [0.15, 0.2) is 53.1 Å². The van der Waals surface area contributed by atoms with E-state index in [1.54, 1.807) is 17.6 Å². The molecule has 3 aromatic rings. The van der Waals surface area contributed by atoms with Gasteiger partial charge in [-0.2, -0.15) is 0 Å². The van der Waals surface area contributed by atoms with Crippen LogP contribution in [0.1, 0.15) is 23.8 Å². The van der Waals surface area contributed by atoms with Crippen molar-refractivity contribution in [2.24, 2.45) is 0 Å². The van der Waals surface area contributed by atoms with Crippen molar-refractivity contribution in [2.75, 3.05) is 19.7 Å². The van der Waals surface area contributed by atoms with Crippen LogP contribution in [-0.4, -0.2) is 40.7 Å². The van der Waals surface area contributed by atoms with Gasteiger partial charge in [-0.05, 0) is 37.1 Å². The predicted molar refractivity (Wildman–Crippen MR) is 98.1 cm³/mol. The Balaban J connectivity index is 1.29. The molecule has 0 saturated carbocycles. The molecule has 1 amide bonds. The van der Waals surface area contributed by atoms with Crippen molar-refractivity contribution in [2.45, 2.75) is 18.8 Å². The minimum absolute atomic E-state index is 0.0286. The lowest BCUT2D eigenvalue weighted by molar-refractivity contribution is -0.134. The Morgan fingerprint density at radius 2 is 1.96 bits per heavy atom. The maximum Gasteiger partial charge on any atom is 0.260 e. The second-order valence-corrected chi connectivity index (χ2v) is 7.19. The molecule has 0 N–H and O–H groups in total. The number of hydrogen-bond acceptors (Lipinski definition) is 6. The van der Waals surface area contributed by atoms with Gasteiger partial charge in [-0.3, -0.25) is 4.79 Å². The summed E-state index contributed by atoms with van der Waals surface area (Å²) < 4.78 is 10.9. The first-order valence-electron chi connectivity index (χ1n) is 8.62. The van der Waals surface area contributed by atoms with Crippen LogP contribution < -0.4 is 4.74 Å². The van der Waals surface area contributed by atoms with Gasteiger partial charge >= 0.3 is 0 Å². The molecule has 0 unspecified atom stereocenters. The number of piperidine rings is 1. The highest BCUT2D eigenvalue weighted by Gasteiger charge is 2.26. The Hall–Kier alpha value is -2.67. The Labute approximate surface area is 155 Å². The molecule has 0 bridgehead atoms. The molecular weight excluding hydrogens is 350 g/mol. The van der Waals surface area contributed by atoms with Crippen molar-refractivity contribution in [1.29, 1.82) is 0 Å². The van der Waals surface area contributed by atoms with E-state index in [4.69, 9.17) is 9.15 Å². The van der Waals surface area contributed by atoms with E-state index in [2.05, 4.69) is 10.2 Å². The number of carbonyl (C=O) groups is 1. The maximum atomic E-state index is 12.3. The van der Waals surface area contributed by atoms with Crippen molar-refractivity contribution in [3.05, 3.63) is 53.7 Å².